The van der Waals surface area contributed by atoms with Gasteiger partial charge in [-0.3, -0.25) is 24.0 Å². The summed E-state index contributed by atoms with van der Waals surface area (Å²) in [6.07, 6.45) is 0.956. The summed E-state index contributed by atoms with van der Waals surface area (Å²) in [5.41, 5.74) is -0.917. The number of nitrogens with one attached hydrogen (secondary N) is 2. The maximum atomic E-state index is 14.8. The number of hydrogen-bond donors (Lipinski definition) is 3. The summed E-state index contributed by atoms with van der Waals surface area (Å²) in [6.45, 7) is -0.899. The normalized spacial score (nSPS) is 27.9. The van der Waals surface area contributed by atoms with Crippen LogP contribution in [-0.4, -0.2) is 56.1 Å². The van der Waals surface area contributed by atoms with Gasteiger partial charge in [-0.05, 0) is 30.3 Å². The Morgan fingerprint density at radius 2 is 2.00 bits per heavy atom. The molecule has 4 heterocycles. The third kappa shape index (κ3) is 3.37. The van der Waals surface area contributed by atoms with Crippen LogP contribution < -0.4 is 10.6 Å². The Labute approximate surface area is 218 Å². The molecule has 1 spiro atoms. The number of carbonyl (C=O) groups excluding carboxylic acids is 2. The zero-order valence-corrected chi connectivity index (χ0v) is 20.6. The van der Waals surface area contributed by atoms with Crippen LogP contribution in [0, 0.1) is 11.8 Å². The molecule has 0 bridgehead atoms. The van der Waals surface area contributed by atoms with Gasteiger partial charge in [0.1, 0.15) is 11.5 Å². The molecule has 3 aromatic rings. The lowest BCUT2D eigenvalue weighted by Gasteiger charge is -2.35. The predicted octanol–water partition coefficient (Wildman–Crippen LogP) is 3.71. The van der Waals surface area contributed by atoms with E-state index in [0.717, 1.165) is 10.3 Å². The number of amides is 2. The molecule has 6 rings (SSSR count). The number of hydrogen-bond acceptors (Lipinski definition) is 5. The highest BCUT2D eigenvalue weighted by atomic mass is 35.5. The Hall–Kier alpha value is -3.28. The Kier molecular flexibility index (Phi) is 5.11. The lowest BCUT2D eigenvalue weighted by atomic mass is 9.73. The van der Waals surface area contributed by atoms with E-state index in [9.17, 15) is 28.3 Å². The van der Waals surface area contributed by atoms with Crippen LogP contribution >= 0.6 is 23.2 Å². The summed E-state index contributed by atoms with van der Waals surface area (Å²) in [7, 11) is 1.74. The number of aryl methyl sites for hydroxylation is 1. The highest BCUT2D eigenvalue weighted by Gasteiger charge is 2.74. The van der Waals surface area contributed by atoms with Gasteiger partial charge in [0.05, 0.1) is 28.7 Å². The van der Waals surface area contributed by atoms with Crippen LogP contribution in [0.2, 0.25) is 10.0 Å². The van der Waals surface area contributed by atoms with Gasteiger partial charge >= 0.3 is 5.97 Å². The highest BCUT2D eigenvalue weighted by Crippen LogP contribution is 2.61. The standard InChI is InChI=1S/C24H19Cl2F2N5O4/c1-32-8-10-4-12(2-3-15(10)31-32)29-20(34)17-16-7-23(27,28)9-33(16)24(18(17)21(35)36)13-5-11(25)6-14(26)19(13)30-22(24)37/h2-6,8,16-18H,7,9H2,1H3,(H,29,34)(H,30,37)(H,35,36)/t16-,17+,18?,24+/m1/s1. The van der Waals surface area contributed by atoms with Gasteiger partial charge in [-0.25, -0.2) is 8.78 Å². The molecule has 3 aliphatic rings. The van der Waals surface area contributed by atoms with Crippen LogP contribution in [0.25, 0.3) is 10.9 Å². The van der Waals surface area contributed by atoms with E-state index in [1.54, 1.807) is 36.1 Å². The fraction of sp³-hybridized carbons (Fsp3) is 0.333. The molecular weight excluding hydrogens is 531 g/mol. The minimum absolute atomic E-state index is 0.0389. The molecule has 13 heteroatoms. The Morgan fingerprint density at radius 3 is 2.73 bits per heavy atom. The molecule has 3 aliphatic heterocycles. The van der Waals surface area contributed by atoms with Crippen molar-refractivity contribution >= 4 is 63.3 Å². The summed E-state index contributed by atoms with van der Waals surface area (Å²) in [4.78, 5) is 41.1. The van der Waals surface area contributed by atoms with Gasteiger partial charge in [-0.2, -0.15) is 5.10 Å². The van der Waals surface area contributed by atoms with Crippen LogP contribution in [0.4, 0.5) is 20.2 Å². The smallest absolute Gasteiger partial charge is 0.310 e. The summed E-state index contributed by atoms with van der Waals surface area (Å²) in [5.74, 6) is -9.51. The van der Waals surface area contributed by atoms with Crippen LogP contribution in [0.5, 0.6) is 0 Å². The number of nitrogens with zero attached hydrogens (tertiary/aromatic N) is 3. The fourth-order valence-corrected chi connectivity index (χ4v) is 6.79. The van der Waals surface area contributed by atoms with Gasteiger partial charge in [0.25, 0.3) is 11.8 Å². The number of rotatable bonds is 3. The van der Waals surface area contributed by atoms with Crippen molar-refractivity contribution in [3.63, 3.8) is 0 Å². The topological polar surface area (TPSA) is 117 Å². The third-order valence-electron chi connectivity index (χ3n) is 7.49. The molecule has 1 unspecified atom stereocenters. The lowest BCUT2D eigenvalue weighted by molar-refractivity contribution is -0.153. The van der Waals surface area contributed by atoms with Crippen molar-refractivity contribution < 1.29 is 28.3 Å². The molecule has 1 aromatic heterocycles. The number of carbonyl (C=O) groups is 3. The number of fused-ring (bicyclic) bond motifs is 5. The molecule has 9 nitrogen and oxygen atoms in total. The molecule has 2 amide bonds. The van der Waals surface area contributed by atoms with E-state index in [1.807, 2.05) is 0 Å². The number of alkyl halides is 2. The van der Waals surface area contributed by atoms with Crippen LogP contribution in [0.15, 0.2) is 36.5 Å². The Bertz CT molecular complexity index is 1530. The zero-order chi connectivity index (χ0) is 26.4. The zero-order valence-electron chi connectivity index (χ0n) is 19.1. The quantitative estimate of drug-likeness (QED) is 0.458. The summed E-state index contributed by atoms with van der Waals surface area (Å²) in [5, 5.41) is 20.8. The molecule has 192 valence electrons. The first-order valence-corrected chi connectivity index (χ1v) is 12.1. The first-order chi connectivity index (χ1) is 17.4. The van der Waals surface area contributed by atoms with Crippen molar-refractivity contribution in [1.29, 1.82) is 0 Å². The van der Waals surface area contributed by atoms with Crippen molar-refractivity contribution in [2.45, 2.75) is 23.9 Å². The molecule has 0 aliphatic carbocycles. The minimum Gasteiger partial charge on any atom is -0.481 e. The van der Waals surface area contributed by atoms with E-state index >= 15 is 0 Å². The van der Waals surface area contributed by atoms with Crippen molar-refractivity contribution in [1.82, 2.24) is 14.7 Å². The first kappa shape index (κ1) is 24.1. The number of anilines is 2. The number of benzene rings is 2. The van der Waals surface area contributed by atoms with Crippen molar-refractivity contribution in [3.8, 4) is 0 Å². The Balaban J connectivity index is 1.49. The summed E-state index contributed by atoms with van der Waals surface area (Å²) >= 11 is 12.5. The van der Waals surface area contributed by atoms with E-state index < -0.39 is 60.1 Å². The number of carboxylic acids is 1. The van der Waals surface area contributed by atoms with Gasteiger partial charge in [-0.15, -0.1) is 0 Å². The number of halogens is 4. The van der Waals surface area contributed by atoms with Crippen LogP contribution in [-0.2, 0) is 27.0 Å². The van der Waals surface area contributed by atoms with Gasteiger partial charge in [-0.1, -0.05) is 23.2 Å². The van der Waals surface area contributed by atoms with Crippen LogP contribution in [0.1, 0.15) is 12.0 Å². The van der Waals surface area contributed by atoms with Gasteiger partial charge < -0.3 is 15.7 Å². The first-order valence-electron chi connectivity index (χ1n) is 11.3. The van der Waals surface area contributed by atoms with E-state index in [-0.39, 0.29) is 21.3 Å². The average molecular weight is 550 g/mol. The lowest BCUT2D eigenvalue weighted by Crippen LogP contribution is -2.54. The summed E-state index contributed by atoms with van der Waals surface area (Å²) < 4.78 is 31.2. The van der Waals surface area contributed by atoms with E-state index in [1.165, 1.54) is 12.1 Å². The largest absolute Gasteiger partial charge is 0.481 e. The fourth-order valence-electron chi connectivity index (χ4n) is 6.25. The van der Waals surface area contributed by atoms with Crippen LogP contribution in [0.3, 0.4) is 0 Å². The molecule has 2 aromatic carbocycles. The molecule has 0 radical (unpaired) electrons. The SMILES string of the molecule is Cn1cc2cc(NC(=O)[C@@H]3C(C(=O)O)[C@@]4(C(=O)Nc5c(Cl)cc(Cl)cc54)N4CC(F)(F)C[C@H]34)ccc2n1. The van der Waals surface area contributed by atoms with Gasteiger partial charge in [0.2, 0.25) is 5.91 Å². The van der Waals surface area contributed by atoms with Gasteiger partial charge in [0.15, 0.2) is 0 Å². The minimum atomic E-state index is -3.25. The second-order valence-electron chi connectivity index (χ2n) is 9.69. The number of aromatic nitrogens is 2. The summed E-state index contributed by atoms with van der Waals surface area (Å²) in [6, 6.07) is 6.40. The maximum absolute atomic E-state index is 14.8. The average Bonchev–Trinajstić information content (AvgIpc) is 3.47. The molecule has 0 saturated carbocycles. The number of aliphatic carboxylic acids is 1. The maximum Gasteiger partial charge on any atom is 0.310 e. The van der Waals surface area contributed by atoms with Crippen molar-refractivity contribution in [2.75, 3.05) is 17.2 Å². The molecule has 2 fully saturated rings. The van der Waals surface area contributed by atoms with E-state index in [4.69, 9.17) is 23.2 Å². The number of carboxylic acid groups (broad SMARTS) is 1. The third-order valence-corrected chi connectivity index (χ3v) is 8.01. The van der Waals surface area contributed by atoms with E-state index in [2.05, 4.69) is 15.7 Å². The van der Waals surface area contributed by atoms with E-state index in [0.29, 0.717) is 11.2 Å². The van der Waals surface area contributed by atoms with Gasteiger partial charge in [0, 0.05) is 47.4 Å². The second kappa shape index (κ2) is 7.86. The molecule has 4 atom stereocenters. The van der Waals surface area contributed by atoms with Crippen molar-refractivity contribution in [3.05, 3.63) is 52.1 Å². The predicted molar refractivity (Wildman–Crippen MR) is 131 cm³/mol. The highest BCUT2D eigenvalue weighted by molar-refractivity contribution is 6.38. The second-order valence-corrected chi connectivity index (χ2v) is 10.5. The molecule has 3 N–H and O–H groups in total. The molecule has 2 saturated heterocycles. The van der Waals surface area contributed by atoms with Crippen molar-refractivity contribution in [2.24, 2.45) is 18.9 Å². The Morgan fingerprint density at radius 1 is 1.24 bits per heavy atom. The molecular formula is C24H19Cl2F2N5O4. The monoisotopic (exact) mass is 549 g/mol. The molecule has 37 heavy (non-hydrogen) atoms.